The van der Waals surface area contributed by atoms with Gasteiger partial charge in [0.15, 0.2) is 0 Å². The summed E-state index contributed by atoms with van der Waals surface area (Å²) in [5.74, 6) is -0.306. The Morgan fingerprint density at radius 3 is 1.44 bits per heavy atom. The molecule has 0 unspecified atom stereocenters. The highest BCUT2D eigenvalue weighted by atomic mass is 127. The Balaban J connectivity index is 1.76. The summed E-state index contributed by atoms with van der Waals surface area (Å²) < 4.78 is 11.5. The van der Waals surface area contributed by atoms with Crippen LogP contribution in [0.15, 0.2) is 78.9 Å². The van der Waals surface area contributed by atoms with Gasteiger partial charge in [0, 0.05) is 9.64 Å². The Hall–Kier alpha value is -2.67. The van der Waals surface area contributed by atoms with Gasteiger partial charge in [0.25, 0.3) is 0 Å². The third-order valence-electron chi connectivity index (χ3n) is 3.28. The third-order valence-corrected chi connectivity index (χ3v) is 3.91. The second-order valence-electron chi connectivity index (χ2n) is 5.13. The number of esters is 2. The van der Waals surface area contributed by atoms with E-state index >= 15 is 0 Å². The fourth-order valence-electron chi connectivity index (χ4n) is 2.14. The maximum atomic E-state index is 12.1. The van der Waals surface area contributed by atoms with Crippen molar-refractivity contribution >= 4 is 34.5 Å². The summed E-state index contributed by atoms with van der Waals surface area (Å²) in [6, 6.07) is 22.3. The fraction of sp³-hybridized carbons (Fsp3) is 0. The van der Waals surface area contributed by atoms with Crippen LogP contribution in [0.25, 0.3) is 0 Å². The molecule has 5 heteroatoms. The predicted molar refractivity (Wildman–Crippen MR) is 102 cm³/mol. The monoisotopic (exact) mass is 444 g/mol. The van der Waals surface area contributed by atoms with Gasteiger partial charge in [0.05, 0.1) is 11.1 Å². The number of halogens is 1. The van der Waals surface area contributed by atoms with Crippen molar-refractivity contribution in [3.8, 4) is 11.5 Å². The summed E-state index contributed by atoms with van der Waals surface area (Å²) in [5, 5.41) is 0. The fourth-order valence-corrected chi connectivity index (χ4v) is 2.75. The van der Waals surface area contributed by atoms with E-state index in [2.05, 4.69) is 22.6 Å². The molecular weight excluding hydrogens is 431 g/mol. The van der Waals surface area contributed by atoms with Crippen molar-refractivity contribution in [2.45, 2.75) is 0 Å². The van der Waals surface area contributed by atoms with Crippen LogP contribution < -0.4 is 9.47 Å². The van der Waals surface area contributed by atoms with Gasteiger partial charge >= 0.3 is 11.9 Å². The summed E-state index contributed by atoms with van der Waals surface area (Å²) in [4.78, 5) is 24.3. The molecule has 0 N–H and O–H groups in total. The SMILES string of the molecule is O=C(Oc1cc(I)cc(OC(=O)c2ccccc2)c1)c1ccccc1. The Morgan fingerprint density at radius 2 is 1.04 bits per heavy atom. The van der Waals surface area contributed by atoms with Crippen LogP contribution in [-0.2, 0) is 0 Å². The minimum absolute atomic E-state index is 0.316. The van der Waals surface area contributed by atoms with E-state index in [1.165, 1.54) is 6.07 Å². The first-order chi connectivity index (χ1) is 12.1. The molecule has 0 amide bonds. The van der Waals surface area contributed by atoms with Crippen LogP contribution in [0.2, 0.25) is 0 Å². The number of ether oxygens (including phenoxy) is 2. The summed E-state index contributed by atoms with van der Waals surface area (Å²) in [5.41, 5.74) is 0.897. The first kappa shape index (κ1) is 17.2. The molecule has 0 fully saturated rings. The second kappa shape index (κ2) is 7.94. The van der Waals surface area contributed by atoms with Crippen LogP contribution in [0.3, 0.4) is 0 Å². The van der Waals surface area contributed by atoms with Crippen LogP contribution in [0, 0.1) is 3.57 Å². The zero-order valence-corrected chi connectivity index (χ0v) is 15.2. The first-order valence-corrected chi connectivity index (χ1v) is 8.55. The summed E-state index contributed by atoms with van der Waals surface area (Å²) in [7, 11) is 0. The lowest BCUT2D eigenvalue weighted by molar-refractivity contribution is 0.0732. The molecule has 0 heterocycles. The van der Waals surface area contributed by atoms with Crippen LogP contribution in [0.1, 0.15) is 20.7 Å². The van der Waals surface area contributed by atoms with E-state index in [9.17, 15) is 9.59 Å². The summed E-state index contributed by atoms with van der Waals surface area (Å²) >= 11 is 2.07. The molecule has 0 saturated heterocycles. The van der Waals surface area contributed by atoms with Gasteiger partial charge in [-0.3, -0.25) is 0 Å². The molecule has 3 aromatic carbocycles. The zero-order chi connectivity index (χ0) is 17.6. The number of rotatable bonds is 4. The van der Waals surface area contributed by atoms with Gasteiger partial charge in [-0.1, -0.05) is 36.4 Å². The average molecular weight is 444 g/mol. The predicted octanol–water partition coefficient (Wildman–Crippen LogP) is 4.73. The molecule has 0 aromatic heterocycles. The molecule has 0 aliphatic heterocycles. The standard InChI is InChI=1S/C20H13IO4/c21-16-11-17(24-19(22)14-7-3-1-4-8-14)13-18(12-16)25-20(23)15-9-5-2-6-10-15/h1-13H. The Bertz CT molecular complexity index is 820. The van der Waals surface area contributed by atoms with E-state index in [4.69, 9.17) is 9.47 Å². The molecule has 0 bridgehead atoms. The highest BCUT2D eigenvalue weighted by Gasteiger charge is 2.12. The molecule has 4 nitrogen and oxygen atoms in total. The summed E-state index contributed by atoms with van der Waals surface area (Å²) in [6.45, 7) is 0. The number of carbonyl (C=O) groups excluding carboxylic acids is 2. The summed E-state index contributed by atoms with van der Waals surface area (Å²) in [6.07, 6.45) is 0. The van der Waals surface area contributed by atoms with Crippen molar-refractivity contribution in [2.75, 3.05) is 0 Å². The molecular formula is C20H13IO4. The van der Waals surface area contributed by atoms with Crippen LogP contribution >= 0.6 is 22.6 Å². The Kier molecular flexibility index (Phi) is 5.45. The van der Waals surface area contributed by atoms with Crippen LogP contribution in [-0.4, -0.2) is 11.9 Å². The van der Waals surface area contributed by atoms with Crippen molar-refractivity contribution in [1.29, 1.82) is 0 Å². The average Bonchev–Trinajstić information content (AvgIpc) is 2.62. The van der Waals surface area contributed by atoms with Crippen molar-refractivity contribution < 1.29 is 19.1 Å². The molecule has 124 valence electrons. The smallest absolute Gasteiger partial charge is 0.343 e. The topological polar surface area (TPSA) is 52.6 Å². The van der Waals surface area contributed by atoms with E-state index in [1.807, 2.05) is 12.1 Å². The molecule has 0 spiro atoms. The number of hydrogen-bond acceptors (Lipinski definition) is 4. The number of benzene rings is 3. The Labute approximate surface area is 158 Å². The van der Waals surface area contributed by atoms with Crippen molar-refractivity contribution in [2.24, 2.45) is 0 Å². The zero-order valence-electron chi connectivity index (χ0n) is 13.0. The van der Waals surface area contributed by atoms with E-state index < -0.39 is 11.9 Å². The normalized spacial score (nSPS) is 10.1. The lowest BCUT2D eigenvalue weighted by Crippen LogP contribution is -2.10. The van der Waals surface area contributed by atoms with Crippen molar-refractivity contribution in [1.82, 2.24) is 0 Å². The van der Waals surface area contributed by atoms with Crippen molar-refractivity contribution in [3.05, 3.63) is 93.6 Å². The van der Waals surface area contributed by atoms with Gasteiger partial charge in [0.2, 0.25) is 0 Å². The van der Waals surface area contributed by atoms with Crippen LogP contribution in [0.5, 0.6) is 11.5 Å². The van der Waals surface area contributed by atoms with Gasteiger partial charge in [-0.25, -0.2) is 9.59 Å². The number of carbonyl (C=O) groups is 2. The van der Waals surface area contributed by atoms with Gasteiger partial charge in [0.1, 0.15) is 11.5 Å². The lowest BCUT2D eigenvalue weighted by atomic mass is 10.2. The minimum Gasteiger partial charge on any atom is -0.423 e. The Morgan fingerprint density at radius 1 is 0.640 bits per heavy atom. The molecule has 0 radical (unpaired) electrons. The second-order valence-corrected chi connectivity index (χ2v) is 6.38. The maximum Gasteiger partial charge on any atom is 0.343 e. The van der Waals surface area contributed by atoms with E-state index in [1.54, 1.807) is 60.7 Å². The largest absolute Gasteiger partial charge is 0.423 e. The van der Waals surface area contributed by atoms with Gasteiger partial charge in [-0.15, -0.1) is 0 Å². The molecule has 25 heavy (non-hydrogen) atoms. The molecule has 0 aliphatic carbocycles. The molecule has 3 rings (SSSR count). The van der Waals surface area contributed by atoms with Gasteiger partial charge in [-0.2, -0.15) is 0 Å². The molecule has 3 aromatic rings. The minimum atomic E-state index is -0.470. The highest BCUT2D eigenvalue weighted by Crippen LogP contribution is 2.25. The first-order valence-electron chi connectivity index (χ1n) is 7.47. The van der Waals surface area contributed by atoms with Gasteiger partial charge < -0.3 is 9.47 Å². The molecule has 0 saturated carbocycles. The third kappa shape index (κ3) is 4.67. The molecule has 0 atom stereocenters. The van der Waals surface area contributed by atoms with E-state index in [-0.39, 0.29) is 0 Å². The van der Waals surface area contributed by atoms with Gasteiger partial charge in [-0.05, 0) is 59.0 Å². The van der Waals surface area contributed by atoms with E-state index in [0.717, 1.165) is 3.57 Å². The van der Waals surface area contributed by atoms with E-state index in [0.29, 0.717) is 22.6 Å². The lowest BCUT2D eigenvalue weighted by Gasteiger charge is -2.09. The maximum absolute atomic E-state index is 12.1. The molecule has 0 aliphatic rings. The highest BCUT2D eigenvalue weighted by molar-refractivity contribution is 14.1. The quantitative estimate of drug-likeness (QED) is 0.332. The van der Waals surface area contributed by atoms with Crippen LogP contribution in [0.4, 0.5) is 0 Å². The number of hydrogen-bond donors (Lipinski definition) is 0. The van der Waals surface area contributed by atoms with Crippen molar-refractivity contribution in [3.63, 3.8) is 0 Å².